The zero-order valence-electron chi connectivity index (χ0n) is 20.5. The molecule has 0 spiro atoms. The summed E-state index contributed by atoms with van der Waals surface area (Å²) in [6, 6.07) is 11.9. The Morgan fingerprint density at radius 1 is 1.11 bits per heavy atom. The highest BCUT2D eigenvalue weighted by molar-refractivity contribution is 6.00. The summed E-state index contributed by atoms with van der Waals surface area (Å²) >= 11 is 0. The molecule has 9 nitrogen and oxygen atoms in total. The zero-order chi connectivity index (χ0) is 25.5. The lowest BCUT2D eigenvalue weighted by atomic mass is 10.0. The van der Waals surface area contributed by atoms with Gasteiger partial charge in [0.25, 0.3) is 5.91 Å². The lowest BCUT2D eigenvalue weighted by molar-refractivity contribution is -0.137. The molecule has 1 heterocycles. The first-order valence-electron chi connectivity index (χ1n) is 11.6. The lowest BCUT2D eigenvalue weighted by Gasteiger charge is -2.41. The molecule has 0 aromatic heterocycles. The molecule has 2 aromatic carbocycles. The maximum Gasteiger partial charge on any atom is 0.305 e. The monoisotopic (exact) mass is 483 g/mol. The van der Waals surface area contributed by atoms with Crippen molar-refractivity contribution in [3.63, 3.8) is 0 Å². The van der Waals surface area contributed by atoms with E-state index in [0.29, 0.717) is 30.0 Å². The minimum atomic E-state index is -1.02. The molecule has 0 bridgehead atoms. The Hall–Kier alpha value is -3.43. The fourth-order valence-corrected chi connectivity index (χ4v) is 4.27. The van der Waals surface area contributed by atoms with Gasteiger partial charge in [-0.2, -0.15) is 0 Å². The Balaban J connectivity index is 1.92. The van der Waals surface area contributed by atoms with Crippen LogP contribution in [0.15, 0.2) is 42.5 Å². The van der Waals surface area contributed by atoms with E-state index in [0.717, 1.165) is 11.3 Å². The first-order chi connectivity index (χ1) is 16.7. The normalized spacial score (nSPS) is 18.6. The Morgan fingerprint density at radius 2 is 1.77 bits per heavy atom. The highest BCUT2D eigenvalue weighted by atomic mass is 16.5. The number of carbonyl (C=O) groups is 3. The number of carbonyl (C=O) groups excluding carboxylic acids is 2. The number of carboxylic acid groups (broad SMARTS) is 1. The van der Waals surface area contributed by atoms with Crippen LogP contribution in [0, 0.1) is 6.92 Å². The number of hydrogen-bond acceptors (Lipinski definition) is 6. The molecule has 0 radical (unpaired) electrons. The first-order valence-corrected chi connectivity index (χ1v) is 11.6. The molecule has 1 aliphatic heterocycles. The van der Waals surface area contributed by atoms with Crippen molar-refractivity contribution in [3.8, 4) is 0 Å². The molecule has 3 rings (SSSR count). The van der Waals surface area contributed by atoms with Crippen molar-refractivity contribution in [1.29, 1.82) is 0 Å². The van der Waals surface area contributed by atoms with Crippen LogP contribution in [0.1, 0.15) is 47.8 Å². The van der Waals surface area contributed by atoms with Crippen LogP contribution in [0.4, 0.5) is 11.4 Å². The molecule has 2 aromatic rings. The largest absolute Gasteiger partial charge is 0.481 e. The molecule has 0 aliphatic carbocycles. The smallest absolute Gasteiger partial charge is 0.305 e. The van der Waals surface area contributed by atoms with E-state index in [1.807, 2.05) is 45.0 Å². The van der Waals surface area contributed by atoms with E-state index in [1.54, 1.807) is 18.2 Å². The number of nitrogens with one attached hydrogen (secondary N) is 2. The van der Waals surface area contributed by atoms with Gasteiger partial charge < -0.3 is 30.1 Å². The molecule has 2 amide bonds. The predicted octanol–water partition coefficient (Wildman–Crippen LogP) is 3.14. The Labute approximate surface area is 205 Å². The second-order valence-corrected chi connectivity index (χ2v) is 8.89. The van der Waals surface area contributed by atoms with E-state index >= 15 is 0 Å². The van der Waals surface area contributed by atoms with Crippen LogP contribution in [-0.4, -0.2) is 61.9 Å². The van der Waals surface area contributed by atoms with Crippen molar-refractivity contribution in [3.05, 3.63) is 59.2 Å². The number of rotatable bonds is 9. The summed E-state index contributed by atoms with van der Waals surface area (Å²) in [7, 11) is 1.43. The molecule has 1 saturated heterocycles. The van der Waals surface area contributed by atoms with Crippen LogP contribution < -0.4 is 15.5 Å². The first kappa shape index (κ1) is 26.2. The van der Waals surface area contributed by atoms with Crippen molar-refractivity contribution in [2.75, 3.05) is 37.1 Å². The summed E-state index contributed by atoms with van der Waals surface area (Å²) in [6.45, 7) is 6.98. The standard InChI is InChI=1S/C26H33N3O6/c1-16-5-7-19(8-6-16)21(12-25(31)32)28-26(33)20-9-10-23(22(11-20)27-24(30)15-34-4)29-17(2)13-35-14-18(29)3/h5-11,17-18,21H,12-15H2,1-4H3,(H,27,30)(H,28,33)(H,31,32). The number of morpholine rings is 1. The average Bonchev–Trinajstić information content (AvgIpc) is 2.79. The number of methoxy groups -OCH3 is 1. The van der Waals surface area contributed by atoms with E-state index in [1.165, 1.54) is 7.11 Å². The van der Waals surface area contributed by atoms with Crippen LogP contribution in [0.3, 0.4) is 0 Å². The molecule has 0 saturated carbocycles. The van der Waals surface area contributed by atoms with E-state index in [2.05, 4.69) is 15.5 Å². The number of benzene rings is 2. The molecule has 3 N–H and O–H groups in total. The summed E-state index contributed by atoms with van der Waals surface area (Å²) in [5.74, 6) is -1.80. The highest BCUT2D eigenvalue weighted by Crippen LogP contribution is 2.32. The number of aliphatic carboxylic acids is 1. The van der Waals surface area contributed by atoms with Gasteiger partial charge in [-0.05, 0) is 44.5 Å². The summed E-state index contributed by atoms with van der Waals surface area (Å²) < 4.78 is 10.6. The lowest BCUT2D eigenvalue weighted by Crippen LogP contribution is -2.50. The summed E-state index contributed by atoms with van der Waals surface area (Å²) in [5.41, 5.74) is 3.29. The van der Waals surface area contributed by atoms with Gasteiger partial charge in [-0.25, -0.2) is 0 Å². The van der Waals surface area contributed by atoms with Gasteiger partial charge in [-0.15, -0.1) is 0 Å². The molecule has 1 fully saturated rings. The molecule has 3 atom stereocenters. The molecule has 35 heavy (non-hydrogen) atoms. The van der Waals surface area contributed by atoms with Crippen molar-refractivity contribution in [2.45, 2.75) is 45.3 Å². The quantitative estimate of drug-likeness (QED) is 0.502. The number of ether oxygens (including phenoxy) is 2. The molecule has 9 heteroatoms. The van der Waals surface area contributed by atoms with Gasteiger partial charge in [0.15, 0.2) is 0 Å². The third-order valence-corrected chi connectivity index (χ3v) is 5.92. The van der Waals surface area contributed by atoms with Crippen LogP contribution in [-0.2, 0) is 19.1 Å². The molecular formula is C26H33N3O6. The van der Waals surface area contributed by atoms with Crippen LogP contribution in [0.25, 0.3) is 0 Å². The fourth-order valence-electron chi connectivity index (χ4n) is 4.27. The van der Waals surface area contributed by atoms with Crippen LogP contribution in [0.5, 0.6) is 0 Å². The minimum Gasteiger partial charge on any atom is -0.481 e. The second kappa shape index (κ2) is 11.8. The number of hydrogen-bond donors (Lipinski definition) is 3. The van der Waals surface area contributed by atoms with Gasteiger partial charge in [0, 0.05) is 24.8 Å². The molecule has 3 unspecified atom stereocenters. The van der Waals surface area contributed by atoms with E-state index < -0.39 is 17.9 Å². The second-order valence-electron chi connectivity index (χ2n) is 8.89. The maximum atomic E-state index is 13.2. The fraction of sp³-hybridized carbons (Fsp3) is 0.423. The molecule has 188 valence electrons. The summed E-state index contributed by atoms with van der Waals surface area (Å²) in [4.78, 5) is 39.2. The number of nitrogens with zero attached hydrogens (tertiary/aromatic N) is 1. The molecule has 1 aliphatic rings. The predicted molar refractivity (Wildman–Crippen MR) is 133 cm³/mol. The Kier molecular flexibility index (Phi) is 8.84. The van der Waals surface area contributed by atoms with Gasteiger partial charge in [0.05, 0.1) is 37.1 Å². The molecular weight excluding hydrogens is 450 g/mol. The van der Waals surface area contributed by atoms with Gasteiger partial charge in [-0.1, -0.05) is 29.8 Å². The third-order valence-electron chi connectivity index (χ3n) is 5.92. The summed E-state index contributed by atoms with van der Waals surface area (Å²) in [6.07, 6.45) is -0.257. The van der Waals surface area contributed by atoms with Crippen molar-refractivity contribution < 1.29 is 29.0 Å². The third kappa shape index (κ3) is 6.80. The number of carboxylic acids is 1. The topological polar surface area (TPSA) is 117 Å². The average molecular weight is 484 g/mol. The number of amides is 2. The van der Waals surface area contributed by atoms with Gasteiger partial charge in [0.2, 0.25) is 5.91 Å². The summed E-state index contributed by atoms with van der Waals surface area (Å²) in [5, 5.41) is 15.1. The minimum absolute atomic E-state index is 0.0676. The van der Waals surface area contributed by atoms with Crippen LogP contribution >= 0.6 is 0 Å². The Morgan fingerprint density at radius 3 is 2.37 bits per heavy atom. The van der Waals surface area contributed by atoms with E-state index in [-0.39, 0.29) is 31.0 Å². The van der Waals surface area contributed by atoms with Crippen molar-refractivity contribution in [2.24, 2.45) is 0 Å². The van der Waals surface area contributed by atoms with Crippen molar-refractivity contribution in [1.82, 2.24) is 5.32 Å². The number of anilines is 2. The van der Waals surface area contributed by atoms with E-state index in [4.69, 9.17) is 9.47 Å². The SMILES string of the molecule is COCC(=O)Nc1cc(C(=O)NC(CC(=O)O)c2ccc(C)cc2)ccc1N1C(C)COCC1C. The van der Waals surface area contributed by atoms with E-state index in [9.17, 15) is 19.5 Å². The highest BCUT2D eigenvalue weighted by Gasteiger charge is 2.28. The van der Waals surface area contributed by atoms with Crippen molar-refractivity contribution >= 4 is 29.2 Å². The maximum absolute atomic E-state index is 13.2. The van der Waals surface area contributed by atoms with Crippen LogP contribution in [0.2, 0.25) is 0 Å². The Bertz CT molecular complexity index is 1050. The van der Waals surface area contributed by atoms with Gasteiger partial charge in [0.1, 0.15) is 6.61 Å². The number of aryl methyl sites for hydroxylation is 1. The van der Waals surface area contributed by atoms with Gasteiger partial charge in [-0.3, -0.25) is 14.4 Å². The zero-order valence-corrected chi connectivity index (χ0v) is 20.5. The van der Waals surface area contributed by atoms with Gasteiger partial charge >= 0.3 is 5.97 Å².